The molecule has 0 fully saturated rings. The summed E-state index contributed by atoms with van der Waals surface area (Å²) in [5.74, 6) is -0.316. The van der Waals surface area contributed by atoms with Gasteiger partial charge < -0.3 is 4.74 Å². The second kappa shape index (κ2) is 4.23. The smallest absolute Gasteiger partial charge is 0.330 e. The van der Waals surface area contributed by atoms with Crippen molar-refractivity contribution in [1.82, 2.24) is 0 Å². The number of ether oxygens (including phenoxy) is 1. The van der Waals surface area contributed by atoms with E-state index in [1.807, 2.05) is 13.8 Å². The van der Waals surface area contributed by atoms with Gasteiger partial charge in [-0.05, 0) is 31.6 Å². The van der Waals surface area contributed by atoms with Crippen LogP contribution < -0.4 is 0 Å². The molecule has 3 heteroatoms. The number of hydrogen-bond acceptors (Lipinski definition) is 3. The minimum absolute atomic E-state index is 0.316. The van der Waals surface area contributed by atoms with Crippen LogP contribution in [-0.4, -0.2) is 13.1 Å². The maximum atomic E-state index is 10.8. The molecular weight excluding hydrogens is 184 g/mol. The van der Waals surface area contributed by atoms with Crippen LogP contribution in [0.1, 0.15) is 15.3 Å². The summed E-state index contributed by atoms with van der Waals surface area (Å²) in [4.78, 5) is 13.3. The molecule has 1 aromatic heterocycles. The second-order valence-electron chi connectivity index (χ2n) is 2.73. The highest BCUT2D eigenvalue weighted by molar-refractivity contribution is 7.12. The summed E-state index contributed by atoms with van der Waals surface area (Å²) in [6.07, 6.45) is 3.22. The lowest BCUT2D eigenvalue weighted by Crippen LogP contribution is -1.93. The van der Waals surface area contributed by atoms with Gasteiger partial charge in [-0.3, -0.25) is 0 Å². The number of aryl methyl sites for hydroxylation is 2. The van der Waals surface area contributed by atoms with E-state index in [9.17, 15) is 4.79 Å². The predicted molar refractivity (Wildman–Crippen MR) is 54.8 cm³/mol. The Morgan fingerprint density at radius 2 is 2.23 bits per heavy atom. The van der Waals surface area contributed by atoms with Crippen LogP contribution in [0.4, 0.5) is 0 Å². The minimum Gasteiger partial charge on any atom is -0.466 e. The molecule has 0 amide bonds. The van der Waals surface area contributed by atoms with Crippen LogP contribution in [0.3, 0.4) is 0 Å². The van der Waals surface area contributed by atoms with Crippen LogP contribution >= 0.6 is 11.3 Å². The van der Waals surface area contributed by atoms with E-state index in [0.29, 0.717) is 0 Å². The average Bonchev–Trinajstić information content (AvgIpc) is 2.41. The van der Waals surface area contributed by atoms with Gasteiger partial charge in [-0.25, -0.2) is 4.79 Å². The largest absolute Gasteiger partial charge is 0.466 e. The van der Waals surface area contributed by atoms with E-state index in [4.69, 9.17) is 0 Å². The molecule has 70 valence electrons. The van der Waals surface area contributed by atoms with Gasteiger partial charge in [0.1, 0.15) is 0 Å². The Balaban J connectivity index is 2.79. The Kier molecular flexibility index (Phi) is 3.25. The predicted octanol–water partition coefficient (Wildman–Crippen LogP) is 2.55. The van der Waals surface area contributed by atoms with Gasteiger partial charge in [0.05, 0.1) is 7.11 Å². The Hall–Kier alpha value is -1.09. The third-order valence-corrected chi connectivity index (χ3v) is 2.66. The molecule has 0 bridgehead atoms. The Morgan fingerprint density at radius 1 is 1.54 bits per heavy atom. The van der Waals surface area contributed by atoms with Crippen molar-refractivity contribution in [3.8, 4) is 0 Å². The summed E-state index contributed by atoms with van der Waals surface area (Å²) in [5, 5.41) is 0. The fraction of sp³-hybridized carbons (Fsp3) is 0.300. The molecule has 0 aliphatic rings. The highest BCUT2D eigenvalue weighted by atomic mass is 32.1. The van der Waals surface area contributed by atoms with Crippen molar-refractivity contribution in [1.29, 1.82) is 0 Å². The number of esters is 1. The second-order valence-corrected chi connectivity index (χ2v) is 4.19. The molecule has 0 spiro atoms. The summed E-state index contributed by atoms with van der Waals surface area (Å²) < 4.78 is 4.50. The third kappa shape index (κ3) is 2.70. The molecule has 0 aliphatic heterocycles. The summed E-state index contributed by atoms with van der Waals surface area (Å²) in [5.41, 5.74) is 1.09. The molecule has 0 saturated carbocycles. The van der Waals surface area contributed by atoms with Crippen molar-refractivity contribution < 1.29 is 9.53 Å². The number of carbonyl (C=O) groups is 1. The zero-order valence-corrected chi connectivity index (χ0v) is 8.77. The van der Waals surface area contributed by atoms with E-state index in [-0.39, 0.29) is 5.97 Å². The minimum atomic E-state index is -0.316. The van der Waals surface area contributed by atoms with Gasteiger partial charge in [0.15, 0.2) is 0 Å². The van der Waals surface area contributed by atoms with E-state index in [2.05, 4.69) is 10.8 Å². The van der Waals surface area contributed by atoms with Gasteiger partial charge in [-0.1, -0.05) is 0 Å². The Labute approximate surface area is 81.8 Å². The highest BCUT2D eigenvalue weighted by Crippen LogP contribution is 2.21. The monoisotopic (exact) mass is 196 g/mol. The lowest BCUT2D eigenvalue weighted by Gasteiger charge is -1.90. The summed E-state index contributed by atoms with van der Waals surface area (Å²) in [7, 11) is 1.37. The molecule has 0 aliphatic carbocycles. The quantitative estimate of drug-likeness (QED) is 0.536. The lowest BCUT2D eigenvalue weighted by atomic mass is 10.2. The normalized spacial score (nSPS) is 10.7. The van der Waals surface area contributed by atoms with Gasteiger partial charge in [-0.15, -0.1) is 11.3 Å². The first-order valence-electron chi connectivity index (χ1n) is 3.96. The molecule has 1 rings (SSSR count). The van der Waals surface area contributed by atoms with Crippen LogP contribution in [0.25, 0.3) is 6.08 Å². The van der Waals surface area contributed by atoms with E-state index in [0.717, 1.165) is 5.56 Å². The number of rotatable bonds is 2. The molecule has 0 radical (unpaired) electrons. The van der Waals surface area contributed by atoms with Crippen molar-refractivity contribution >= 4 is 23.4 Å². The average molecular weight is 196 g/mol. The van der Waals surface area contributed by atoms with Crippen molar-refractivity contribution in [3.63, 3.8) is 0 Å². The maximum Gasteiger partial charge on any atom is 0.330 e. The van der Waals surface area contributed by atoms with E-state index < -0.39 is 0 Å². The topological polar surface area (TPSA) is 26.3 Å². The van der Waals surface area contributed by atoms with Crippen LogP contribution in [0.5, 0.6) is 0 Å². The van der Waals surface area contributed by atoms with E-state index >= 15 is 0 Å². The van der Waals surface area contributed by atoms with Crippen LogP contribution in [0.15, 0.2) is 12.1 Å². The van der Waals surface area contributed by atoms with Gasteiger partial charge in [0, 0.05) is 15.8 Å². The highest BCUT2D eigenvalue weighted by Gasteiger charge is 1.99. The first-order chi connectivity index (χ1) is 6.13. The fourth-order valence-electron chi connectivity index (χ4n) is 1.04. The molecule has 1 heterocycles. The maximum absolute atomic E-state index is 10.8. The zero-order chi connectivity index (χ0) is 9.84. The molecule has 0 N–H and O–H groups in total. The summed E-state index contributed by atoms with van der Waals surface area (Å²) in [6.45, 7) is 4.09. The van der Waals surface area contributed by atoms with Crippen molar-refractivity contribution in [3.05, 3.63) is 27.5 Å². The van der Waals surface area contributed by atoms with Gasteiger partial charge in [-0.2, -0.15) is 0 Å². The molecule has 0 saturated heterocycles. The Morgan fingerprint density at radius 3 is 2.69 bits per heavy atom. The standard InChI is InChI=1S/C10H12O2S/c1-7-6-9(8(2)13-7)4-5-10(11)12-3/h4-6H,1-3H3. The number of hydrogen-bond donors (Lipinski definition) is 0. The van der Waals surface area contributed by atoms with Gasteiger partial charge in [0.2, 0.25) is 0 Å². The number of thiophene rings is 1. The third-order valence-electron chi connectivity index (χ3n) is 1.68. The molecule has 0 aromatic carbocycles. The van der Waals surface area contributed by atoms with Gasteiger partial charge in [0.25, 0.3) is 0 Å². The van der Waals surface area contributed by atoms with Crippen LogP contribution in [-0.2, 0) is 9.53 Å². The molecular formula is C10H12O2S. The van der Waals surface area contributed by atoms with Gasteiger partial charge >= 0.3 is 5.97 Å². The van der Waals surface area contributed by atoms with E-state index in [1.165, 1.54) is 22.9 Å². The SMILES string of the molecule is COC(=O)C=Cc1cc(C)sc1C. The zero-order valence-electron chi connectivity index (χ0n) is 7.96. The van der Waals surface area contributed by atoms with Crippen molar-refractivity contribution in [2.45, 2.75) is 13.8 Å². The first kappa shape index (κ1) is 9.99. The van der Waals surface area contributed by atoms with Crippen molar-refractivity contribution in [2.24, 2.45) is 0 Å². The Bertz CT molecular complexity index is 337. The number of carbonyl (C=O) groups excluding carboxylic acids is 1. The molecule has 13 heavy (non-hydrogen) atoms. The first-order valence-corrected chi connectivity index (χ1v) is 4.78. The molecule has 2 nitrogen and oxygen atoms in total. The van der Waals surface area contributed by atoms with E-state index in [1.54, 1.807) is 17.4 Å². The molecule has 1 aromatic rings. The van der Waals surface area contributed by atoms with Crippen LogP contribution in [0.2, 0.25) is 0 Å². The molecule has 0 unspecified atom stereocenters. The van der Waals surface area contributed by atoms with Crippen LogP contribution in [0, 0.1) is 13.8 Å². The lowest BCUT2D eigenvalue weighted by molar-refractivity contribution is -0.134. The fourth-order valence-corrected chi connectivity index (χ4v) is 1.96. The molecule has 0 atom stereocenters. The summed E-state index contributed by atoms with van der Waals surface area (Å²) >= 11 is 1.73. The van der Waals surface area contributed by atoms with Crippen molar-refractivity contribution in [2.75, 3.05) is 7.11 Å². The number of methoxy groups -OCH3 is 1. The summed E-state index contributed by atoms with van der Waals surface area (Å²) in [6, 6.07) is 2.06.